The fourth-order valence-corrected chi connectivity index (χ4v) is 3.70. The smallest absolute Gasteiger partial charge is 0.0329 e. The third kappa shape index (κ3) is 2.85. The average Bonchev–Trinajstić information content (AvgIpc) is 2.89. The van der Waals surface area contributed by atoms with Gasteiger partial charge in [0.15, 0.2) is 0 Å². The van der Waals surface area contributed by atoms with E-state index in [1.54, 1.807) is 0 Å². The van der Waals surface area contributed by atoms with Crippen LogP contribution in [0, 0.1) is 0 Å². The highest BCUT2D eigenvalue weighted by atomic mass is 79.9. The van der Waals surface area contributed by atoms with Crippen LogP contribution in [0.5, 0.6) is 0 Å². The Hall–Kier alpha value is -1.34. The molecule has 0 radical (unpaired) electrons. The SMILES string of the molecule is CCCCc1ccc(-c2ccc3c(c2Br)C=CC3C)cc1. The number of unbranched alkanes of at least 4 members (excludes halogenated alkanes) is 1. The number of benzene rings is 2. The number of rotatable bonds is 4. The first-order valence-corrected chi connectivity index (χ1v) is 8.60. The lowest BCUT2D eigenvalue weighted by Crippen LogP contribution is -1.91. The molecular weight excluding hydrogens is 320 g/mol. The normalized spacial score (nSPS) is 16.2. The van der Waals surface area contributed by atoms with Crippen LogP contribution in [0.3, 0.4) is 0 Å². The van der Waals surface area contributed by atoms with Crippen LogP contribution in [0.15, 0.2) is 46.9 Å². The lowest BCUT2D eigenvalue weighted by Gasteiger charge is -2.12. The Morgan fingerprint density at radius 1 is 1.05 bits per heavy atom. The fraction of sp³-hybridized carbons (Fsp3) is 0.300. The van der Waals surface area contributed by atoms with Gasteiger partial charge >= 0.3 is 0 Å². The summed E-state index contributed by atoms with van der Waals surface area (Å²) in [6.45, 7) is 4.49. The van der Waals surface area contributed by atoms with Gasteiger partial charge < -0.3 is 0 Å². The van der Waals surface area contributed by atoms with Gasteiger partial charge in [0, 0.05) is 4.47 Å². The lowest BCUT2D eigenvalue weighted by molar-refractivity contribution is 0.795. The molecule has 1 atom stereocenters. The molecule has 21 heavy (non-hydrogen) atoms. The minimum absolute atomic E-state index is 0.529. The average molecular weight is 341 g/mol. The summed E-state index contributed by atoms with van der Waals surface area (Å²) in [5, 5.41) is 0. The lowest BCUT2D eigenvalue weighted by atomic mass is 9.96. The van der Waals surface area contributed by atoms with Crippen molar-refractivity contribution in [2.75, 3.05) is 0 Å². The number of halogens is 1. The predicted molar refractivity (Wildman–Crippen MR) is 95.6 cm³/mol. The molecule has 1 aliphatic carbocycles. The van der Waals surface area contributed by atoms with Crippen LogP contribution in [-0.4, -0.2) is 0 Å². The van der Waals surface area contributed by atoms with E-state index in [-0.39, 0.29) is 0 Å². The molecule has 0 N–H and O–H groups in total. The highest BCUT2D eigenvalue weighted by Gasteiger charge is 2.17. The minimum Gasteiger partial charge on any atom is -0.0766 e. The molecule has 2 aromatic carbocycles. The van der Waals surface area contributed by atoms with Gasteiger partial charge in [-0.1, -0.05) is 68.8 Å². The summed E-state index contributed by atoms with van der Waals surface area (Å²) in [6.07, 6.45) is 8.21. The third-order valence-corrected chi connectivity index (χ3v) is 5.19. The van der Waals surface area contributed by atoms with E-state index in [0.29, 0.717) is 5.92 Å². The van der Waals surface area contributed by atoms with Gasteiger partial charge in [-0.25, -0.2) is 0 Å². The number of hydrogen-bond acceptors (Lipinski definition) is 0. The molecule has 0 aromatic heterocycles. The monoisotopic (exact) mass is 340 g/mol. The van der Waals surface area contributed by atoms with Crippen molar-refractivity contribution in [2.24, 2.45) is 0 Å². The molecule has 0 amide bonds. The van der Waals surface area contributed by atoms with E-state index in [2.05, 4.69) is 78.3 Å². The van der Waals surface area contributed by atoms with E-state index < -0.39 is 0 Å². The van der Waals surface area contributed by atoms with E-state index >= 15 is 0 Å². The van der Waals surface area contributed by atoms with Crippen LogP contribution in [0.2, 0.25) is 0 Å². The van der Waals surface area contributed by atoms with Crippen molar-refractivity contribution in [3.63, 3.8) is 0 Å². The maximum absolute atomic E-state index is 3.81. The molecule has 1 heteroatoms. The van der Waals surface area contributed by atoms with Crippen LogP contribution in [0.25, 0.3) is 17.2 Å². The summed E-state index contributed by atoms with van der Waals surface area (Å²) < 4.78 is 1.22. The van der Waals surface area contributed by atoms with Gasteiger partial charge in [-0.05, 0) is 62.5 Å². The highest BCUT2D eigenvalue weighted by Crippen LogP contribution is 2.40. The summed E-state index contributed by atoms with van der Waals surface area (Å²) in [5.41, 5.74) is 6.78. The van der Waals surface area contributed by atoms with Gasteiger partial charge in [-0.15, -0.1) is 0 Å². The van der Waals surface area contributed by atoms with E-state index in [9.17, 15) is 0 Å². The van der Waals surface area contributed by atoms with Crippen molar-refractivity contribution in [1.82, 2.24) is 0 Å². The zero-order chi connectivity index (χ0) is 14.8. The fourth-order valence-electron chi connectivity index (χ4n) is 2.97. The first-order valence-electron chi connectivity index (χ1n) is 7.80. The molecule has 0 nitrogen and oxygen atoms in total. The molecule has 0 saturated carbocycles. The Balaban J connectivity index is 1.92. The molecule has 2 aromatic rings. The zero-order valence-corrected chi connectivity index (χ0v) is 14.3. The Labute approximate surface area is 136 Å². The highest BCUT2D eigenvalue weighted by molar-refractivity contribution is 9.10. The first kappa shape index (κ1) is 14.6. The summed E-state index contributed by atoms with van der Waals surface area (Å²) in [4.78, 5) is 0. The molecular formula is C20H21Br. The van der Waals surface area contributed by atoms with Crippen molar-refractivity contribution < 1.29 is 0 Å². The van der Waals surface area contributed by atoms with Gasteiger partial charge in [0.2, 0.25) is 0 Å². The molecule has 0 bridgehead atoms. The molecule has 1 aliphatic rings. The van der Waals surface area contributed by atoms with Crippen LogP contribution in [0.4, 0.5) is 0 Å². The van der Waals surface area contributed by atoms with Crippen molar-refractivity contribution in [3.05, 3.63) is 63.6 Å². The predicted octanol–water partition coefficient (Wildman–Crippen LogP) is 6.59. The van der Waals surface area contributed by atoms with Gasteiger partial charge in [0.05, 0.1) is 0 Å². The Bertz CT molecular complexity index is 665. The summed E-state index contributed by atoms with van der Waals surface area (Å²) >= 11 is 3.81. The van der Waals surface area contributed by atoms with E-state index in [1.807, 2.05) is 0 Å². The minimum atomic E-state index is 0.529. The summed E-state index contributed by atoms with van der Waals surface area (Å²) in [7, 11) is 0. The number of allylic oxidation sites excluding steroid dienone is 1. The summed E-state index contributed by atoms with van der Waals surface area (Å²) in [5.74, 6) is 0.529. The molecule has 3 rings (SSSR count). The second-order valence-corrected chi connectivity index (χ2v) is 6.67. The standard InChI is InChI=1S/C20H21Br/c1-3-4-5-15-7-9-16(10-8-15)18-13-12-17-14(2)6-11-19(17)20(18)21/h6-14H,3-5H2,1-2H3. The van der Waals surface area contributed by atoms with Crippen molar-refractivity contribution >= 4 is 22.0 Å². The second kappa shape index (κ2) is 6.19. The Morgan fingerprint density at radius 2 is 1.81 bits per heavy atom. The van der Waals surface area contributed by atoms with Gasteiger partial charge in [-0.3, -0.25) is 0 Å². The van der Waals surface area contributed by atoms with Crippen LogP contribution >= 0.6 is 15.9 Å². The Morgan fingerprint density at radius 3 is 2.52 bits per heavy atom. The molecule has 0 spiro atoms. The van der Waals surface area contributed by atoms with Gasteiger partial charge in [0.1, 0.15) is 0 Å². The first-order chi connectivity index (χ1) is 10.2. The Kier molecular flexibility index (Phi) is 4.30. The largest absolute Gasteiger partial charge is 0.0766 e. The van der Waals surface area contributed by atoms with Gasteiger partial charge in [0.25, 0.3) is 0 Å². The number of aryl methyl sites for hydroxylation is 1. The molecule has 0 aliphatic heterocycles. The van der Waals surface area contributed by atoms with Crippen LogP contribution in [-0.2, 0) is 6.42 Å². The zero-order valence-electron chi connectivity index (χ0n) is 12.7. The van der Waals surface area contributed by atoms with Crippen LogP contribution < -0.4 is 0 Å². The third-order valence-electron chi connectivity index (χ3n) is 4.34. The van der Waals surface area contributed by atoms with Crippen molar-refractivity contribution in [1.29, 1.82) is 0 Å². The molecule has 0 heterocycles. The van der Waals surface area contributed by atoms with Crippen molar-refractivity contribution in [2.45, 2.75) is 39.0 Å². The quantitative estimate of drug-likeness (QED) is 0.588. The van der Waals surface area contributed by atoms with Gasteiger partial charge in [-0.2, -0.15) is 0 Å². The maximum Gasteiger partial charge on any atom is 0.0329 e. The molecule has 108 valence electrons. The molecule has 1 unspecified atom stereocenters. The van der Waals surface area contributed by atoms with Crippen molar-refractivity contribution in [3.8, 4) is 11.1 Å². The molecule has 0 saturated heterocycles. The maximum atomic E-state index is 3.81. The number of hydrogen-bond donors (Lipinski definition) is 0. The second-order valence-electron chi connectivity index (χ2n) is 5.88. The van der Waals surface area contributed by atoms with E-state index in [1.165, 1.54) is 51.6 Å². The van der Waals surface area contributed by atoms with E-state index in [4.69, 9.17) is 0 Å². The topological polar surface area (TPSA) is 0 Å². The van der Waals surface area contributed by atoms with E-state index in [0.717, 1.165) is 0 Å². The molecule has 0 fully saturated rings. The number of fused-ring (bicyclic) bond motifs is 1. The van der Waals surface area contributed by atoms with Crippen LogP contribution in [0.1, 0.15) is 49.3 Å². The summed E-state index contributed by atoms with van der Waals surface area (Å²) in [6, 6.07) is 13.5.